The molecule has 0 atom stereocenters. The summed E-state index contributed by atoms with van der Waals surface area (Å²) in [5, 5.41) is 7.00. The molecule has 0 aliphatic heterocycles. The van der Waals surface area contributed by atoms with Crippen LogP contribution in [0.3, 0.4) is 0 Å². The first-order valence-corrected chi connectivity index (χ1v) is 4.20. The van der Waals surface area contributed by atoms with Gasteiger partial charge in [-0.05, 0) is 0 Å². The van der Waals surface area contributed by atoms with Crippen molar-refractivity contribution >= 4 is 24.8 Å². The molecule has 0 saturated heterocycles. The molecule has 1 aliphatic rings. The zero-order valence-electron chi connectivity index (χ0n) is 10.3. The minimum absolute atomic E-state index is 0. The molecule has 0 aromatic carbocycles. The van der Waals surface area contributed by atoms with Crippen LogP contribution >= 0.6 is 24.8 Å². The summed E-state index contributed by atoms with van der Waals surface area (Å²) in [4.78, 5) is 0. The number of allylic oxidation sites excluding steroid dienone is 4. The van der Waals surface area contributed by atoms with Crippen LogP contribution in [0.2, 0.25) is 0 Å². The largest absolute Gasteiger partial charge is 0.400 e. The Morgan fingerprint density at radius 2 is 1.33 bits per heavy atom. The summed E-state index contributed by atoms with van der Waals surface area (Å²) in [5.74, 6) is 0. The van der Waals surface area contributed by atoms with Crippen molar-refractivity contribution in [2.24, 2.45) is 5.41 Å². The second kappa shape index (κ2) is 10.1. The van der Waals surface area contributed by atoms with Crippen LogP contribution < -0.4 is 0 Å². The number of halogens is 2. The second-order valence-electron chi connectivity index (χ2n) is 3.62. The Labute approximate surface area is 125 Å². The fourth-order valence-corrected chi connectivity index (χ4v) is 1.41. The molecular formula is C11H21Cl2OZr-. The predicted molar refractivity (Wildman–Crippen MR) is 67.2 cm³/mol. The van der Waals surface area contributed by atoms with Gasteiger partial charge in [0.05, 0.1) is 0 Å². The Morgan fingerprint density at radius 1 is 1.00 bits per heavy atom. The van der Waals surface area contributed by atoms with Crippen LogP contribution in [0.4, 0.5) is 0 Å². The van der Waals surface area contributed by atoms with E-state index in [4.69, 9.17) is 5.11 Å². The van der Waals surface area contributed by atoms with Crippen molar-refractivity contribution in [2.75, 3.05) is 7.11 Å². The molecular weight excluding hydrogens is 310 g/mol. The van der Waals surface area contributed by atoms with Crippen molar-refractivity contribution in [1.29, 1.82) is 0 Å². The van der Waals surface area contributed by atoms with Crippen molar-refractivity contribution in [1.82, 2.24) is 0 Å². The number of hydrogen-bond acceptors (Lipinski definition) is 1. The van der Waals surface area contributed by atoms with Crippen LogP contribution in [0.1, 0.15) is 34.6 Å². The molecule has 0 fully saturated rings. The van der Waals surface area contributed by atoms with Crippen LogP contribution in [0.5, 0.6) is 0 Å². The van der Waals surface area contributed by atoms with E-state index in [0.29, 0.717) is 0 Å². The quantitative estimate of drug-likeness (QED) is 0.673. The number of rotatable bonds is 0. The zero-order valence-corrected chi connectivity index (χ0v) is 14.4. The Kier molecular flexibility index (Phi) is 16.8. The third kappa shape index (κ3) is 6.26. The first-order chi connectivity index (χ1) is 5.45. The molecule has 15 heavy (non-hydrogen) atoms. The first kappa shape index (κ1) is 24.9. The van der Waals surface area contributed by atoms with E-state index in [1.54, 1.807) is 0 Å². The average Bonchev–Trinajstić information content (AvgIpc) is 2.19. The van der Waals surface area contributed by atoms with Gasteiger partial charge in [0.1, 0.15) is 0 Å². The Morgan fingerprint density at radius 3 is 1.40 bits per heavy atom. The maximum atomic E-state index is 7.00. The van der Waals surface area contributed by atoms with Gasteiger partial charge in [-0.15, -0.1) is 31.7 Å². The van der Waals surface area contributed by atoms with Crippen LogP contribution in [0, 0.1) is 11.5 Å². The average molecular weight is 331 g/mol. The maximum absolute atomic E-state index is 7.00. The van der Waals surface area contributed by atoms with Crippen LogP contribution in [-0.2, 0) is 26.2 Å². The van der Waals surface area contributed by atoms with E-state index in [1.807, 2.05) is 0 Å². The van der Waals surface area contributed by atoms with Gasteiger partial charge in [0.25, 0.3) is 0 Å². The van der Waals surface area contributed by atoms with Gasteiger partial charge < -0.3 is 5.11 Å². The van der Waals surface area contributed by atoms with Gasteiger partial charge in [-0.25, -0.2) is 5.57 Å². The fourth-order valence-electron chi connectivity index (χ4n) is 1.41. The molecule has 1 rings (SSSR count). The second-order valence-corrected chi connectivity index (χ2v) is 3.62. The fraction of sp³-hybridized carbons (Fsp3) is 0.636. The van der Waals surface area contributed by atoms with E-state index < -0.39 is 0 Å². The molecule has 0 unspecified atom stereocenters. The Balaban J connectivity index is -0.000000114. The van der Waals surface area contributed by atoms with Gasteiger partial charge in [0, 0.05) is 33.3 Å². The van der Waals surface area contributed by atoms with Gasteiger partial charge in [-0.1, -0.05) is 33.1 Å². The summed E-state index contributed by atoms with van der Waals surface area (Å²) in [5.41, 5.74) is 4.39. The van der Waals surface area contributed by atoms with E-state index in [2.05, 4.69) is 40.7 Å². The molecule has 0 spiro atoms. The zero-order chi connectivity index (χ0) is 9.94. The van der Waals surface area contributed by atoms with Crippen molar-refractivity contribution in [3.63, 3.8) is 0 Å². The number of aliphatic hydroxyl groups excluding tert-OH is 1. The molecule has 90 valence electrons. The summed E-state index contributed by atoms with van der Waals surface area (Å²) < 4.78 is 0. The minimum atomic E-state index is 0. The third-order valence-corrected chi connectivity index (χ3v) is 2.56. The smallest absolute Gasteiger partial charge is 0.0319 e. The van der Waals surface area contributed by atoms with Crippen molar-refractivity contribution in [3.8, 4) is 0 Å². The Bertz CT molecular complexity index is 233. The number of hydrogen-bond donors (Lipinski definition) is 1. The van der Waals surface area contributed by atoms with Gasteiger partial charge in [0.2, 0.25) is 0 Å². The molecule has 4 heteroatoms. The molecule has 0 aromatic heterocycles. The van der Waals surface area contributed by atoms with Crippen molar-refractivity contribution in [2.45, 2.75) is 34.6 Å². The van der Waals surface area contributed by atoms with E-state index >= 15 is 0 Å². The normalized spacial score (nSPS) is 16.1. The first-order valence-electron chi connectivity index (χ1n) is 4.20. The summed E-state index contributed by atoms with van der Waals surface area (Å²) in [7, 11) is 1.00. The van der Waals surface area contributed by atoms with Gasteiger partial charge in [-0.2, -0.15) is 11.1 Å². The molecule has 0 amide bonds. The monoisotopic (exact) mass is 329 g/mol. The van der Waals surface area contributed by atoms with Crippen molar-refractivity contribution < 1.29 is 31.3 Å². The predicted octanol–water partition coefficient (Wildman–Crippen LogP) is 3.56. The van der Waals surface area contributed by atoms with E-state index in [9.17, 15) is 0 Å². The summed E-state index contributed by atoms with van der Waals surface area (Å²) in [6.07, 6.45) is 3.44. The van der Waals surface area contributed by atoms with Crippen LogP contribution in [0.15, 0.2) is 16.7 Å². The summed E-state index contributed by atoms with van der Waals surface area (Å²) in [6, 6.07) is 0. The molecule has 0 aromatic rings. The maximum Gasteiger partial charge on any atom is 0.0319 e. The van der Waals surface area contributed by atoms with Gasteiger partial charge in [0.15, 0.2) is 0 Å². The SMILES string of the molecule is CC1=[C-]C(C)(C)C(C)=C1C.CO.Cl.Cl.[Zr]. The molecule has 1 aliphatic carbocycles. The van der Waals surface area contributed by atoms with E-state index in [-0.39, 0.29) is 56.4 Å². The van der Waals surface area contributed by atoms with Gasteiger partial charge in [-0.3, -0.25) is 6.08 Å². The van der Waals surface area contributed by atoms with E-state index in [0.717, 1.165) is 7.11 Å². The van der Waals surface area contributed by atoms with E-state index in [1.165, 1.54) is 16.7 Å². The standard InChI is InChI=1S/C10H15.CH4O.2ClH.Zr/c1-7-6-10(4,5)9(3)8(7)2;1-2;;;/h1-5H3;2H,1H3;2*1H;/q-1;;;;. The summed E-state index contributed by atoms with van der Waals surface area (Å²) in [6.45, 7) is 10.9. The number of aliphatic hydroxyl groups is 1. The molecule has 1 nitrogen and oxygen atoms in total. The molecule has 0 bridgehead atoms. The third-order valence-electron chi connectivity index (χ3n) is 2.56. The topological polar surface area (TPSA) is 20.2 Å². The minimum Gasteiger partial charge on any atom is -0.400 e. The Hall–Kier alpha value is 0.903. The molecule has 1 N–H and O–H groups in total. The summed E-state index contributed by atoms with van der Waals surface area (Å²) >= 11 is 0. The van der Waals surface area contributed by atoms with Crippen LogP contribution in [0.25, 0.3) is 0 Å². The molecule has 0 radical (unpaired) electrons. The molecule has 0 saturated carbocycles. The van der Waals surface area contributed by atoms with Crippen molar-refractivity contribution in [3.05, 3.63) is 22.8 Å². The van der Waals surface area contributed by atoms with Crippen LogP contribution in [-0.4, -0.2) is 12.2 Å². The van der Waals surface area contributed by atoms with Gasteiger partial charge >= 0.3 is 0 Å². The molecule has 0 heterocycles.